The summed E-state index contributed by atoms with van der Waals surface area (Å²) in [5.74, 6) is -0.448. The predicted molar refractivity (Wildman–Crippen MR) is 325 cm³/mol. The summed E-state index contributed by atoms with van der Waals surface area (Å²) in [7, 11) is 0. The molecule has 14 heteroatoms. The molecule has 2 heterocycles. The molecule has 14 nitrogen and oxygen atoms in total. The summed E-state index contributed by atoms with van der Waals surface area (Å²) in [4.78, 5) is 13.1. The van der Waals surface area contributed by atoms with Crippen LogP contribution < -0.4 is 0 Å². The summed E-state index contributed by atoms with van der Waals surface area (Å²) in [5, 5.41) is 72.4. The van der Waals surface area contributed by atoms with Gasteiger partial charge in [-0.3, -0.25) is 4.79 Å². The van der Waals surface area contributed by atoms with E-state index in [2.05, 4.69) is 166 Å². The molecule has 2 fully saturated rings. The van der Waals surface area contributed by atoms with Crippen LogP contribution in [0.15, 0.2) is 158 Å². The third-order valence-corrected chi connectivity index (χ3v) is 13.0. The number of esters is 1. The number of hydrogen-bond donors (Lipinski definition) is 7. The van der Waals surface area contributed by atoms with E-state index in [1.807, 2.05) is 6.08 Å². The second-order valence-corrected chi connectivity index (χ2v) is 20.1. The van der Waals surface area contributed by atoms with Gasteiger partial charge in [-0.2, -0.15) is 0 Å². The first-order valence-electron chi connectivity index (χ1n) is 30.1. The van der Waals surface area contributed by atoms with Gasteiger partial charge in [-0.1, -0.05) is 191 Å². The van der Waals surface area contributed by atoms with Crippen LogP contribution in [0.5, 0.6) is 0 Å². The van der Waals surface area contributed by atoms with Crippen molar-refractivity contribution in [3.63, 3.8) is 0 Å². The fourth-order valence-corrected chi connectivity index (χ4v) is 8.28. The van der Waals surface area contributed by atoms with Crippen LogP contribution in [0.3, 0.4) is 0 Å². The van der Waals surface area contributed by atoms with Crippen molar-refractivity contribution in [1.82, 2.24) is 0 Å². The fraction of sp³-hybridized carbons (Fsp3) is 0.597. The van der Waals surface area contributed by atoms with E-state index in [0.29, 0.717) is 19.4 Å². The molecular weight excluding hydrogens is 1030 g/mol. The smallest absolute Gasteiger partial charge is 0.306 e. The zero-order chi connectivity index (χ0) is 58.6. The van der Waals surface area contributed by atoms with Crippen LogP contribution in [0.1, 0.15) is 155 Å². The zero-order valence-corrected chi connectivity index (χ0v) is 48.9. The van der Waals surface area contributed by atoms with Gasteiger partial charge in [-0.25, -0.2) is 0 Å². The topological polar surface area (TPSA) is 214 Å². The molecule has 11 unspecified atom stereocenters. The Balaban J connectivity index is 1.76. The average Bonchev–Trinajstić information content (AvgIpc) is 3.46. The van der Waals surface area contributed by atoms with Crippen LogP contribution in [0.25, 0.3) is 0 Å². The number of carbonyl (C=O) groups is 1. The van der Waals surface area contributed by atoms with Crippen molar-refractivity contribution in [2.75, 3.05) is 33.0 Å². The lowest BCUT2D eigenvalue weighted by Gasteiger charge is -2.42. The van der Waals surface area contributed by atoms with Crippen molar-refractivity contribution in [2.45, 2.75) is 223 Å². The Bertz CT molecular complexity index is 1940. The van der Waals surface area contributed by atoms with Crippen LogP contribution in [0.2, 0.25) is 0 Å². The van der Waals surface area contributed by atoms with Crippen LogP contribution in [-0.4, -0.2) is 142 Å². The van der Waals surface area contributed by atoms with Gasteiger partial charge in [0.1, 0.15) is 54.9 Å². The average molecular weight is 1130 g/mol. The molecule has 0 aromatic carbocycles. The highest BCUT2D eigenvalue weighted by molar-refractivity contribution is 5.69. The summed E-state index contributed by atoms with van der Waals surface area (Å²) in [6, 6.07) is 0. The number of unbranched alkanes of at least 4 members (excludes halogenated alkanes) is 6. The molecule has 11 atom stereocenters. The van der Waals surface area contributed by atoms with Gasteiger partial charge < -0.3 is 64.2 Å². The van der Waals surface area contributed by atoms with Gasteiger partial charge in [-0.15, -0.1) is 0 Å². The first kappa shape index (κ1) is 72.7. The van der Waals surface area contributed by atoms with E-state index in [1.165, 1.54) is 0 Å². The van der Waals surface area contributed by atoms with E-state index >= 15 is 0 Å². The second kappa shape index (κ2) is 51.3. The standard InChI is InChI=1S/C67H104O14/c1-3-5-7-9-11-13-15-17-19-21-23-25-27-29-31-33-35-37-39-41-43-45-47-49-51-76-53-56(54-77-66-65(75)63(73)61(71)58(81-66)55-78-67-64(74)62(72)60(70)57(52-68)80-67)79-59(69)50-48-46-44-42-40-38-36-34-32-30-28-26-24-22-20-18-16-14-12-10-8-6-4-2/h5-8,11-14,17-20,23-26,29-32,35-38,42,44,56-58,60-68,70-75H,3-4,9-10,15-16,21-22,27-28,33-34,39-41,43,45-55H2,1-2H3/b7-5-,8-6-,13-11-,14-12-,19-17-,20-18-,25-23-,26-24-,31-29-,32-30-,37-35-,38-36-,44-42-. The highest BCUT2D eigenvalue weighted by atomic mass is 16.7. The minimum Gasteiger partial charge on any atom is -0.457 e. The van der Waals surface area contributed by atoms with Crippen molar-refractivity contribution in [3.05, 3.63) is 158 Å². The molecule has 2 aliphatic rings. The number of ether oxygens (including phenoxy) is 6. The molecule has 81 heavy (non-hydrogen) atoms. The number of aliphatic hydroxyl groups is 7. The summed E-state index contributed by atoms with van der Waals surface area (Å²) >= 11 is 0. The Morgan fingerprint density at radius 2 is 0.765 bits per heavy atom. The Morgan fingerprint density at radius 1 is 0.407 bits per heavy atom. The summed E-state index contributed by atoms with van der Waals surface area (Å²) in [5.41, 5.74) is 0. The van der Waals surface area contributed by atoms with E-state index in [0.717, 1.165) is 122 Å². The lowest BCUT2D eigenvalue weighted by molar-refractivity contribution is -0.332. The number of aliphatic hydroxyl groups excluding tert-OH is 7. The van der Waals surface area contributed by atoms with Crippen LogP contribution in [0, 0.1) is 0 Å². The van der Waals surface area contributed by atoms with Crippen LogP contribution >= 0.6 is 0 Å². The molecule has 2 saturated heterocycles. The highest BCUT2D eigenvalue weighted by Crippen LogP contribution is 2.26. The summed E-state index contributed by atoms with van der Waals surface area (Å²) < 4.78 is 34.3. The molecule has 0 amide bonds. The predicted octanol–water partition coefficient (Wildman–Crippen LogP) is 11.4. The quantitative estimate of drug-likeness (QED) is 0.0172. The molecule has 0 spiro atoms. The van der Waals surface area contributed by atoms with Crippen molar-refractivity contribution >= 4 is 5.97 Å². The third kappa shape index (κ3) is 37.4. The third-order valence-electron chi connectivity index (χ3n) is 13.0. The van der Waals surface area contributed by atoms with Crippen LogP contribution in [-0.2, 0) is 33.2 Å². The lowest BCUT2D eigenvalue weighted by Crippen LogP contribution is -2.61. The fourth-order valence-electron chi connectivity index (χ4n) is 8.28. The highest BCUT2D eigenvalue weighted by Gasteiger charge is 2.47. The molecule has 0 aromatic heterocycles. The maximum atomic E-state index is 13.1. The van der Waals surface area contributed by atoms with E-state index in [9.17, 15) is 40.5 Å². The number of carbonyl (C=O) groups excluding carboxylic acids is 1. The Labute approximate surface area is 486 Å². The van der Waals surface area contributed by atoms with Crippen molar-refractivity contribution < 1.29 is 69.0 Å². The number of rotatable bonds is 46. The van der Waals surface area contributed by atoms with Crippen molar-refractivity contribution in [1.29, 1.82) is 0 Å². The maximum absolute atomic E-state index is 13.1. The molecule has 0 bridgehead atoms. The van der Waals surface area contributed by atoms with Crippen molar-refractivity contribution in [3.8, 4) is 0 Å². The minimum atomic E-state index is -1.73. The molecule has 7 N–H and O–H groups in total. The first-order chi connectivity index (χ1) is 39.6. The van der Waals surface area contributed by atoms with E-state index < -0.39 is 86.7 Å². The van der Waals surface area contributed by atoms with E-state index in [1.54, 1.807) is 0 Å². The molecule has 0 aromatic rings. The van der Waals surface area contributed by atoms with Gasteiger partial charge in [0.25, 0.3) is 0 Å². The molecule has 2 aliphatic heterocycles. The van der Waals surface area contributed by atoms with Crippen LogP contribution in [0.4, 0.5) is 0 Å². The van der Waals surface area contributed by atoms with E-state index in [-0.39, 0.29) is 19.6 Å². The first-order valence-corrected chi connectivity index (χ1v) is 30.1. The van der Waals surface area contributed by atoms with Gasteiger partial charge >= 0.3 is 5.97 Å². The summed E-state index contributed by atoms with van der Waals surface area (Å²) in [6.45, 7) is 3.30. The monoisotopic (exact) mass is 1130 g/mol. The molecular formula is C67H104O14. The molecule has 2 rings (SSSR count). The molecule has 0 radical (unpaired) electrons. The minimum absolute atomic E-state index is 0.0118. The molecule has 456 valence electrons. The SMILES string of the molecule is CC/C=C\C/C=C\C/C=C\C/C=C\C/C=C\C/C=C\C/C=C\CCCC(=O)OC(COCCCCCCC/C=C\C/C=C\C/C=C\C/C=C\C/C=C\C/C=C\CC)COC1OC(COC2OC(CO)C(O)C(O)C2O)C(O)C(O)C1O. The summed E-state index contributed by atoms with van der Waals surface area (Å²) in [6.07, 6.45) is 60.2. The van der Waals surface area contributed by atoms with E-state index in [4.69, 9.17) is 28.4 Å². The Morgan fingerprint density at radius 3 is 1.20 bits per heavy atom. The van der Waals surface area contributed by atoms with Crippen molar-refractivity contribution in [2.24, 2.45) is 0 Å². The Kier molecular flexibility index (Phi) is 46.0. The van der Waals surface area contributed by atoms with Gasteiger partial charge in [-0.05, 0) is 116 Å². The Hall–Kier alpha value is -4.39. The molecule has 0 saturated carbocycles. The van der Waals surface area contributed by atoms with Gasteiger partial charge in [0.05, 0.1) is 26.4 Å². The second-order valence-electron chi connectivity index (χ2n) is 20.1. The number of hydrogen-bond acceptors (Lipinski definition) is 14. The zero-order valence-electron chi connectivity index (χ0n) is 48.9. The normalized spacial score (nSPS) is 24.9. The van der Waals surface area contributed by atoms with Gasteiger partial charge in [0.15, 0.2) is 12.6 Å². The van der Waals surface area contributed by atoms with Gasteiger partial charge in [0, 0.05) is 13.0 Å². The van der Waals surface area contributed by atoms with Gasteiger partial charge in [0.2, 0.25) is 0 Å². The molecule has 0 aliphatic carbocycles. The lowest BCUT2D eigenvalue weighted by atomic mass is 9.98. The number of allylic oxidation sites excluding steroid dienone is 26. The maximum Gasteiger partial charge on any atom is 0.306 e. The largest absolute Gasteiger partial charge is 0.457 e.